The fourth-order valence-corrected chi connectivity index (χ4v) is 3.13. The molecule has 0 aliphatic heterocycles. The minimum Gasteiger partial charge on any atom is -0.402 e. The van der Waals surface area contributed by atoms with Crippen molar-refractivity contribution in [3.8, 4) is 0 Å². The van der Waals surface area contributed by atoms with Crippen molar-refractivity contribution in [2.45, 2.75) is 123 Å². The van der Waals surface area contributed by atoms with Crippen LogP contribution in [0.5, 0.6) is 0 Å². The first-order chi connectivity index (χ1) is 13.1. The number of aliphatic hydroxyl groups excluding tert-OH is 1. The van der Waals surface area contributed by atoms with Crippen LogP contribution >= 0.6 is 12.6 Å². The van der Waals surface area contributed by atoms with Gasteiger partial charge in [-0.05, 0) is 19.1 Å². The third kappa shape index (κ3) is 31.2. The van der Waals surface area contributed by atoms with Crippen molar-refractivity contribution in [1.29, 1.82) is 0 Å². The lowest BCUT2D eigenvalue weighted by molar-refractivity contribution is 0.0798. The van der Waals surface area contributed by atoms with Gasteiger partial charge in [0.1, 0.15) is 0 Å². The molecule has 0 aromatic carbocycles. The van der Waals surface area contributed by atoms with E-state index >= 15 is 0 Å². The monoisotopic (exact) mass is 406 g/mol. The minimum absolute atomic E-state index is 0.211. The Balaban J connectivity index is 0. The summed E-state index contributed by atoms with van der Waals surface area (Å²) in [4.78, 5) is 0. The zero-order valence-corrected chi connectivity index (χ0v) is 19.0. The van der Waals surface area contributed by atoms with Crippen LogP contribution in [0.4, 0.5) is 0 Å². The van der Waals surface area contributed by atoms with E-state index in [-0.39, 0.29) is 6.61 Å². The molecule has 1 atom stereocenters. The van der Waals surface area contributed by atoms with Crippen molar-refractivity contribution in [2.75, 3.05) is 12.4 Å². The van der Waals surface area contributed by atoms with E-state index in [2.05, 4.69) is 24.2 Å². The van der Waals surface area contributed by atoms with Crippen molar-refractivity contribution in [3.05, 3.63) is 0 Å². The van der Waals surface area contributed by atoms with Crippen molar-refractivity contribution in [3.63, 3.8) is 0 Å². The van der Waals surface area contributed by atoms with Crippen LogP contribution < -0.4 is 0 Å². The molecular formula is C21H47BO4S. The Morgan fingerprint density at radius 3 is 1.26 bits per heavy atom. The van der Waals surface area contributed by atoms with E-state index in [1.54, 1.807) is 0 Å². The van der Waals surface area contributed by atoms with E-state index in [0.717, 1.165) is 5.75 Å². The Labute approximate surface area is 175 Å². The molecule has 164 valence electrons. The molecular weight excluding hydrogens is 359 g/mol. The first-order valence-corrected chi connectivity index (χ1v) is 11.9. The summed E-state index contributed by atoms with van der Waals surface area (Å²) in [7, 11) is -1.78. The molecule has 0 bridgehead atoms. The van der Waals surface area contributed by atoms with Crippen molar-refractivity contribution >= 4 is 20.0 Å². The molecule has 4 nitrogen and oxygen atoms in total. The van der Waals surface area contributed by atoms with Crippen molar-refractivity contribution < 1.29 is 19.8 Å². The molecule has 0 radical (unpaired) electrons. The third-order valence-electron chi connectivity index (χ3n) is 4.62. The second kappa shape index (κ2) is 26.3. The maximum atomic E-state index is 8.24. The maximum Gasteiger partial charge on any atom is 0.634 e. The van der Waals surface area contributed by atoms with Gasteiger partial charge in [0, 0.05) is 0 Å². The van der Waals surface area contributed by atoms with Crippen molar-refractivity contribution in [2.24, 2.45) is 0 Å². The van der Waals surface area contributed by atoms with Gasteiger partial charge >= 0.3 is 7.32 Å². The topological polar surface area (TPSA) is 69.9 Å². The minimum atomic E-state index is -1.78. The molecule has 0 heterocycles. The second-order valence-electron chi connectivity index (χ2n) is 7.48. The zero-order chi connectivity index (χ0) is 20.6. The number of thiol groups is 1. The van der Waals surface area contributed by atoms with Crippen LogP contribution in [0.25, 0.3) is 0 Å². The number of hydrogen-bond donors (Lipinski definition) is 4. The van der Waals surface area contributed by atoms with Gasteiger partial charge in [0.05, 0.1) is 12.7 Å². The SMILES string of the molecule is CC(CO)OB(O)O.CCCCCCCCCCCCCCCCCCS. The summed E-state index contributed by atoms with van der Waals surface area (Å²) in [6.45, 7) is 3.61. The summed E-state index contributed by atoms with van der Waals surface area (Å²) in [5.41, 5.74) is 0. The fourth-order valence-electron chi connectivity index (χ4n) is 2.91. The van der Waals surface area contributed by atoms with Crippen LogP contribution in [-0.4, -0.2) is 40.9 Å². The van der Waals surface area contributed by atoms with Crippen LogP contribution in [0.1, 0.15) is 117 Å². The van der Waals surface area contributed by atoms with Gasteiger partial charge in [-0.1, -0.05) is 103 Å². The van der Waals surface area contributed by atoms with Gasteiger partial charge in [-0.25, -0.2) is 0 Å². The van der Waals surface area contributed by atoms with Gasteiger partial charge in [-0.2, -0.15) is 12.6 Å². The highest BCUT2D eigenvalue weighted by molar-refractivity contribution is 7.80. The van der Waals surface area contributed by atoms with Gasteiger partial charge in [-0.3, -0.25) is 0 Å². The maximum absolute atomic E-state index is 8.24. The quantitative estimate of drug-likeness (QED) is 0.129. The lowest BCUT2D eigenvalue weighted by Crippen LogP contribution is -2.25. The fraction of sp³-hybridized carbons (Fsp3) is 1.00. The van der Waals surface area contributed by atoms with Crippen LogP contribution in [-0.2, 0) is 4.65 Å². The Morgan fingerprint density at radius 2 is 1.04 bits per heavy atom. The number of unbranched alkanes of at least 4 members (excludes halogenated alkanes) is 15. The van der Waals surface area contributed by atoms with E-state index in [9.17, 15) is 0 Å². The summed E-state index contributed by atoms with van der Waals surface area (Å²) in [6.07, 6.45) is 22.6. The highest BCUT2D eigenvalue weighted by Crippen LogP contribution is 2.13. The molecule has 6 heteroatoms. The molecule has 27 heavy (non-hydrogen) atoms. The molecule has 0 rings (SSSR count). The molecule has 0 aliphatic rings. The van der Waals surface area contributed by atoms with Gasteiger partial charge in [0.15, 0.2) is 0 Å². The molecule has 0 aromatic rings. The highest BCUT2D eigenvalue weighted by atomic mass is 32.1. The van der Waals surface area contributed by atoms with Crippen LogP contribution in [0.2, 0.25) is 0 Å². The smallest absolute Gasteiger partial charge is 0.402 e. The predicted octanol–water partition coefficient (Wildman–Crippen LogP) is 5.53. The van der Waals surface area contributed by atoms with Gasteiger partial charge in [0.2, 0.25) is 0 Å². The molecule has 0 aromatic heterocycles. The zero-order valence-electron chi connectivity index (χ0n) is 18.1. The largest absolute Gasteiger partial charge is 0.634 e. The Morgan fingerprint density at radius 1 is 0.704 bits per heavy atom. The summed E-state index contributed by atoms with van der Waals surface area (Å²) in [6, 6.07) is 0. The molecule has 1 unspecified atom stereocenters. The van der Waals surface area contributed by atoms with E-state index < -0.39 is 13.4 Å². The van der Waals surface area contributed by atoms with Gasteiger partial charge in [-0.15, -0.1) is 0 Å². The predicted molar refractivity (Wildman–Crippen MR) is 121 cm³/mol. The standard InChI is InChI=1S/C18H38S.C3H9BO4/c1-2-3-4-5-6-7-8-9-10-11-12-13-14-15-16-17-18-19;1-3(2-5)8-4(6)7/h19H,2-18H2,1H3;3,5-7H,2H2,1H3. The highest BCUT2D eigenvalue weighted by Gasteiger charge is 2.12. The second-order valence-corrected chi connectivity index (χ2v) is 7.93. The summed E-state index contributed by atoms with van der Waals surface area (Å²) >= 11 is 4.24. The van der Waals surface area contributed by atoms with Crippen LogP contribution in [0.15, 0.2) is 0 Å². The average Bonchev–Trinajstić information content (AvgIpc) is 2.65. The normalized spacial score (nSPS) is 11.8. The Kier molecular flexibility index (Phi) is 28.6. The lowest BCUT2D eigenvalue weighted by atomic mass is 10.0. The Bertz CT molecular complexity index is 242. The van der Waals surface area contributed by atoms with Gasteiger partial charge in [0.25, 0.3) is 0 Å². The van der Waals surface area contributed by atoms with E-state index in [0.29, 0.717) is 0 Å². The first-order valence-electron chi connectivity index (χ1n) is 11.3. The first kappa shape index (κ1) is 29.5. The average molecular weight is 406 g/mol. The molecule has 0 spiro atoms. The number of aliphatic hydroxyl groups is 1. The number of hydrogen-bond acceptors (Lipinski definition) is 5. The van der Waals surface area contributed by atoms with E-state index in [4.69, 9.17) is 15.2 Å². The van der Waals surface area contributed by atoms with Crippen LogP contribution in [0.3, 0.4) is 0 Å². The van der Waals surface area contributed by atoms with E-state index in [1.807, 2.05) is 0 Å². The third-order valence-corrected chi connectivity index (χ3v) is 4.94. The molecule has 0 saturated carbocycles. The van der Waals surface area contributed by atoms with E-state index in [1.165, 1.54) is 110 Å². The Hall–Kier alpha value is 0.255. The summed E-state index contributed by atoms with van der Waals surface area (Å²) in [5.74, 6) is 1.07. The molecule has 3 N–H and O–H groups in total. The summed E-state index contributed by atoms with van der Waals surface area (Å²) < 4.78 is 4.26. The number of rotatable bonds is 19. The molecule has 0 amide bonds. The lowest BCUT2D eigenvalue weighted by Gasteiger charge is -2.06. The van der Waals surface area contributed by atoms with Crippen molar-refractivity contribution in [1.82, 2.24) is 0 Å². The molecule has 0 saturated heterocycles. The van der Waals surface area contributed by atoms with Gasteiger partial charge < -0.3 is 19.8 Å². The van der Waals surface area contributed by atoms with Crippen LogP contribution in [0, 0.1) is 0 Å². The molecule has 0 fully saturated rings. The summed E-state index contributed by atoms with van der Waals surface area (Å²) in [5, 5.41) is 24.4. The molecule has 0 aliphatic carbocycles.